The molecular formula is C16H17N3O3. The molecule has 6 heteroatoms. The number of imide groups is 1. The van der Waals surface area contributed by atoms with E-state index in [2.05, 4.69) is 10.3 Å². The molecule has 6 nitrogen and oxygen atoms in total. The smallest absolute Gasteiger partial charge is 0.414 e. The zero-order chi connectivity index (χ0) is 15.8. The Hall–Kier alpha value is -2.89. The largest absolute Gasteiger partial charge is 0.444 e. The lowest BCUT2D eigenvalue weighted by atomic mass is 10.2. The number of pyridine rings is 1. The van der Waals surface area contributed by atoms with Gasteiger partial charge in [-0.05, 0) is 17.7 Å². The van der Waals surface area contributed by atoms with Crippen molar-refractivity contribution in [2.75, 3.05) is 18.5 Å². The molecule has 0 radical (unpaired) electrons. The number of likely N-dealkylation sites (N-methyl/N-ethyl adjacent to an activating group) is 1. The van der Waals surface area contributed by atoms with Gasteiger partial charge in [-0.3, -0.25) is 10.1 Å². The Morgan fingerprint density at radius 1 is 1.14 bits per heavy atom. The van der Waals surface area contributed by atoms with Crippen LogP contribution in [0, 0.1) is 0 Å². The summed E-state index contributed by atoms with van der Waals surface area (Å²) in [7, 11) is 1.72. The molecule has 2 rings (SSSR count). The third kappa shape index (κ3) is 4.90. The van der Waals surface area contributed by atoms with Crippen LogP contribution in [0.4, 0.5) is 10.6 Å². The fraction of sp³-hybridized carbons (Fsp3) is 0.188. The summed E-state index contributed by atoms with van der Waals surface area (Å²) in [6.45, 7) is 0.132. The van der Waals surface area contributed by atoms with Gasteiger partial charge in [-0.15, -0.1) is 0 Å². The molecule has 0 bridgehead atoms. The second-order valence-corrected chi connectivity index (χ2v) is 4.65. The van der Waals surface area contributed by atoms with Gasteiger partial charge in [0, 0.05) is 13.2 Å². The van der Waals surface area contributed by atoms with Crippen LogP contribution >= 0.6 is 0 Å². The number of hydrogen-bond donors (Lipinski definition) is 1. The van der Waals surface area contributed by atoms with Crippen LogP contribution < -0.4 is 10.2 Å². The van der Waals surface area contributed by atoms with Crippen LogP contribution in [0.25, 0.3) is 0 Å². The van der Waals surface area contributed by atoms with Crippen LogP contribution in [-0.2, 0) is 16.1 Å². The third-order valence-electron chi connectivity index (χ3n) is 2.88. The molecule has 114 valence electrons. The van der Waals surface area contributed by atoms with E-state index >= 15 is 0 Å². The van der Waals surface area contributed by atoms with Crippen molar-refractivity contribution in [2.24, 2.45) is 0 Å². The van der Waals surface area contributed by atoms with Crippen LogP contribution in [-0.4, -0.2) is 30.6 Å². The van der Waals surface area contributed by atoms with E-state index in [0.717, 1.165) is 5.56 Å². The molecule has 2 amide bonds. The number of alkyl carbamates (subject to hydrolysis) is 1. The average Bonchev–Trinajstić information content (AvgIpc) is 2.54. The molecule has 0 saturated carbocycles. The summed E-state index contributed by atoms with van der Waals surface area (Å²) < 4.78 is 4.98. The predicted octanol–water partition coefficient (Wildman–Crippen LogP) is 1.97. The minimum atomic E-state index is -0.761. The Balaban J connectivity index is 1.75. The average molecular weight is 299 g/mol. The lowest BCUT2D eigenvalue weighted by Gasteiger charge is -2.16. The van der Waals surface area contributed by atoms with Crippen LogP contribution in [0.3, 0.4) is 0 Å². The fourth-order valence-electron chi connectivity index (χ4n) is 1.79. The van der Waals surface area contributed by atoms with Gasteiger partial charge in [0.2, 0.25) is 5.91 Å². The molecule has 0 fully saturated rings. The number of hydrogen-bond acceptors (Lipinski definition) is 5. The van der Waals surface area contributed by atoms with Gasteiger partial charge in [-0.1, -0.05) is 36.4 Å². The number of nitrogens with one attached hydrogen (secondary N) is 1. The topological polar surface area (TPSA) is 71.5 Å². The number of benzene rings is 1. The maximum absolute atomic E-state index is 11.8. The van der Waals surface area contributed by atoms with Gasteiger partial charge in [0.05, 0.1) is 6.54 Å². The summed E-state index contributed by atoms with van der Waals surface area (Å²) in [5, 5.41) is 2.18. The van der Waals surface area contributed by atoms with E-state index in [9.17, 15) is 9.59 Å². The summed E-state index contributed by atoms with van der Waals surface area (Å²) in [5.74, 6) is 0.196. The van der Waals surface area contributed by atoms with Crippen molar-refractivity contribution in [2.45, 2.75) is 6.61 Å². The highest BCUT2D eigenvalue weighted by Gasteiger charge is 2.12. The van der Waals surface area contributed by atoms with Crippen molar-refractivity contribution < 1.29 is 14.3 Å². The Morgan fingerprint density at radius 2 is 1.86 bits per heavy atom. The van der Waals surface area contributed by atoms with Crippen molar-refractivity contribution in [3.8, 4) is 0 Å². The maximum atomic E-state index is 11.8. The highest BCUT2D eigenvalue weighted by atomic mass is 16.5. The van der Waals surface area contributed by atoms with Crippen molar-refractivity contribution >= 4 is 17.8 Å². The van der Waals surface area contributed by atoms with E-state index in [4.69, 9.17) is 4.74 Å². The molecule has 0 aliphatic rings. The molecule has 2 aromatic rings. The van der Waals surface area contributed by atoms with Crippen molar-refractivity contribution in [1.29, 1.82) is 0 Å². The van der Waals surface area contributed by atoms with Crippen LogP contribution in [0.15, 0.2) is 54.7 Å². The summed E-state index contributed by atoms with van der Waals surface area (Å²) >= 11 is 0. The number of ether oxygens (including phenoxy) is 1. The highest BCUT2D eigenvalue weighted by Crippen LogP contribution is 2.05. The van der Waals surface area contributed by atoms with Gasteiger partial charge in [-0.2, -0.15) is 0 Å². The first-order valence-electron chi connectivity index (χ1n) is 6.78. The molecule has 0 spiro atoms. The Labute approximate surface area is 128 Å². The summed E-state index contributed by atoms with van der Waals surface area (Å²) in [6.07, 6.45) is 0.876. The molecule has 0 saturated heterocycles. The van der Waals surface area contributed by atoms with Crippen molar-refractivity contribution in [3.63, 3.8) is 0 Å². The SMILES string of the molecule is CN(CC(=O)NC(=O)OCc1ccccc1)c1ccccn1. The van der Waals surface area contributed by atoms with Crippen LogP contribution in [0.2, 0.25) is 0 Å². The van der Waals surface area contributed by atoms with Gasteiger partial charge in [0.15, 0.2) is 0 Å². The second-order valence-electron chi connectivity index (χ2n) is 4.65. The number of nitrogens with zero attached hydrogens (tertiary/aromatic N) is 2. The first-order chi connectivity index (χ1) is 10.6. The van der Waals surface area contributed by atoms with E-state index < -0.39 is 12.0 Å². The standard InChI is InChI=1S/C16H17N3O3/c1-19(14-9-5-6-10-17-14)11-15(20)18-16(21)22-12-13-7-3-2-4-8-13/h2-10H,11-12H2,1H3,(H,18,20,21). The molecule has 1 aromatic carbocycles. The molecule has 1 N–H and O–H groups in total. The van der Waals surface area contributed by atoms with Gasteiger partial charge < -0.3 is 9.64 Å². The van der Waals surface area contributed by atoms with Crippen molar-refractivity contribution in [3.05, 3.63) is 60.3 Å². The number of rotatable bonds is 5. The lowest BCUT2D eigenvalue weighted by Crippen LogP contribution is -2.39. The Bertz CT molecular complexity index is 617. The van der Waals surface area contributed by atoms with E-state index in [1.54, 1.807) is 30.3 Å². The highest BCUT2D eigenvalue weighted by molar-refractivity contribution is 5.94. The molecule has 1 aromatic heterocycles. The lowest BCUT2D eigenvalue weighted by molar-refractivity contribution is -0.119. The quantitative estimate of drug-likeness (QED) is 0.914. The van der Waals surface area contributed by atoms with Crippen LogP contribution in [0.5, 0.6) is 0 Å². The van der Waals surface area contributed by atoms with E-state index in [1.165, 1.54) is 0 Å². The zero-order valence-corrected chi connectivity index (χ0v) is 12.2. The second kappa shape index (κ2) is 7.78. The zero-order valence-electron chi connectivity index (χ0n) is 12.2. The van der Waals surface area contributed by atoms with Crippen LogP contribution in [0.1, 0.15) is 5.56 Å². The number of amides is 2. The Kier molecular flexibility index (Phi) is 5.48. The fourth-order valence-corrected chi connectivity index (χ4v) is 1.79. The minimum Gasteiger partial charge on any atom is -0.444 e. The summed E-state index contributed by atoms with van der Waals surface area (Å²) in [5.41, 5.74) is 0.857. The summed E-state index contributed by atoms with van der Waals surface area (Å²) in [4.78, 5) is 29.1. The molecule has 22 heavy (non-hydrogen) atoms. The van der Waals surface area contributed by atoms with Crippen molar-refractivity contribution in [1.82, 2.24) is 10.3 Å². The molecule has 0 unspecified atom stereocenters. The number of anilines is 1. The van der Waals surface area contributed by atoms with Gasteiger partial charge in [0.1, 0.15) is 12.4 Å². The monoisotopic (exact) mass is 299 g/mol. The molecule has 0 aliphatic carbocycles. The van der Waals surface area contributed by atoms with Gasteiger partial charge in [-0.25, -0.2) is 9.78 Å². The normalized spacial score (nSPS) is 9.86. The molecule has 0 aliphatic heterocycles. The minimum absolute atomic E-state index is 0.0114. The number of carbonyl (C=O) groups excluding carboxylic acids is 2. The van der Waals surface area contributed by atoms with Gasteiger partial charge in [0.25, 0.3) is 0 Å². The molecular weight excluding hydrogens is 282 g/mol. The maximum Gasteiger partial charge on any atom is 0.414 e. The van der Waals surface area contributed by atoms with Gasteiger partial charge >= 0.3 is 6.09 Å². The molecule has 0 atom stereocenters. The van der Waals surface area contributed by atoms with E-state index in [-0.39, 0.29) is 13.2 Å². The van der Waals surface area contributed by atoms with E-state index in [0.29, 0.717) is 5.82 Å². The molecule has 1 heterocycles. The Morgan fingerprint density at radius 3 is 2.55 bits per heavy atom. The first kappa shape index (κ1) is 15.5. The number of aromatic nitrogens is 1. The third-order valence-corrected chi connectivity index (χ3v) is 2.88. The first-order valence-corrected chi connectivity index (χ1v) is 6.78. The summed E-state index contributed by atoms with van der Waals surface area (Å²) in [6, 6.07) is 14.6. The number of carbonyl (C=O) groups is 2. The van der Waals surface area contributed by atoms with E-state index in [1.807, 2.05) is 36.4 Å². The predicted molar refractivity (Wildman–Crippen MR) is 82.3 cm³/mol.